The number of hydrogen-bond donors (Lipinski definition) is 0. The summed E-state index contributed by atoms with van der Waals surface area (Å²) in [6.45, 7) is 3.79. The van der Waals surface area contributed by atoms with Gasteiger partial charge in [-0.2, -0.15) is 0 Å². The first-order chi connectivity index (χ1) is 11.6. The van der Waals surface area contributed by atoms with E-state index in [1.54, 1.807) is 6.92 Å². The number of hydrogen-bond acceptors (Lipinski definition) is 4. The standard InChI is InChI=1S/C19H14N2O3/c1-10-7-21-8-13-3-12-4-17-18(24-9-23-17)6-15(12)20-19(13)16(21)5-14(10)11(2)22/h3-8H,9H2,1-2H3. The molecule has 0 unspecified atom stereocenters. The topological polar surface area (TPSA) is 52.8 Å². The smallest absolute Gasteiger partial charge is 0.231 e. The molecule has 24 heavy (non-hydrogen) atoms. The van der Waals surface area contributed by atoms with Crippen molar-refractivity contribution in [3.05, 3.63) is 47.8 Å². The number of ether oxygens (including phenoxy) is 2. The van der Waals surface area contributed by atoms with E-state index in [-0.39, 0.29) is 12.6 Å². The Hall–Kier alpha value is -3.08. The molecule has 0 aliphatic carbocycles. The first-order valence-corrected chi connectivity index (χ1v) is 7.76. The normalized spacial score (nSPS) is 13.2. The van der Waals surface area contributed by atoms with Crippen molar-refractivity contribution < 1.29 is 14.3 Å². The minimum absolute atomic E-state index is 0.0634. The van der Waals surface area contributed by atoms with Crippen LogP contribution in [0.25, 0.3) is 27.3 Å². The van der Waals surface area contributed by atoms with Crippen molar-refractivity contribution in [3.63, 3.8) is 0 Å². The molecule has 0 saturated carbocycles. The molecule has 0 spiro atoms. The van der Waals surface area contributed by atoms with E-state index in [0.717, 1.165) is 49.9 Å². The van der Waals surface area contributed by atoms with E-state index in [1.807, 2.05) is 41.9 Å². The van der Waals surface area contributed by atoms with Gasteiger partial charge in [0.1, 0.15) is 0 Å². The fourth-order valence-electron chi connectivity index (χ4n) is 3.38. The second kappa shape index (κ2) is 4.47. The van der Waals surface area contributed by atoms with Crippen molar-refractivity contribution in [1.82, 2.24) is 9.38 Å². The Kier molecular flexibility index (Phi) is 2.49. The van der Waals surface area contributed by atoms with Crippen LogP contribution in [0.15, 0.2) is 36.7 Å². The van der Waals surface area contributed by atoms with Crippen molar-refractivity contribution in [2.75, 3.05) is 6.79 Å². The van der Waals surface area contributed by atoms with Crippen molar-refractivity contribution in [1.29, 1.82) is 0 Å². The van der Waals surface area contributed by atoms with Crippen LogP contribution < -0.4 is 9.47 Å². The number of rotatable bonds is 1. The number of aryl methyl sites for hydroxylation is 1. The quantitative estimate of drug-likeness (QED) is 0.500. The van der Waals surface area contributed by atoms with Crippen LogP contribution in [0.5, 0.6) is 11.5 Å². The molecular weight excluding hydrogens is 304 g/mol. The highest BCUT2D eigenvalue weighted by molar-refractivity contribution is 6.04. The molecule has 4 heterocycles. The summed E-state index contributed by atoms with van der Waals surface area (Å²) in [4.78, 5) is 16.7. The van der Waals surface area contributed by atoms with Crippen LogP contribution in [0.1, 0.15) is 22.8 Å². The number of carbonyl (C=O) groups excluding carboxylic acids is 1. The van der Waals surface area contributed by atoms with Crippen LogP contribution in [0.4, 0.5) is 0 Å². The van der Waals surface area contributed by atoms with E-state index in [2.05, 4.69) is 6.07 Å². The fraction of sp³-hybridized carbons (Fsp3) is 0.158. The second-order valence-electron chi connectivity index (χ2n) is 6.17. The Labute approximate surface area is 137 Å². The van der Waals surface area contributed by atoms with Crippen molar-refractivity contribution >= 4 is 33.1 Å². The van der Waals surface area contributed by atoms with Gasteiger partial charge in [0.25, 0.3) is 0 Å². The summed E-state index contributed by atoms with van der Waals surface area (Å²) in [6.07, 6.45) is 4.02. The number of ketones is 1. The van der Waals surface area contributed by atoms with Gasteiger partial charge in [-0.15, -0.1) is 0 Å². The van der Waals surface area contributed by atoms with Crippen LogP contribution in [-0.4, -0.2) is 22.0 Å². The molecule has 118 valence electrons. The SMILES string of the molecule is CC(=O)c1cc2c3nc4cc5c(cc4cc3cn2cc1C)OCO5. The summed E-state index contributed by atoms with van der Waals surface area (Å²) < 4.78 is 12.9. The second-order valence-corrected chi connectivity index (χ2v) is 6.17. The molecule has 3 aromatic heterocycles. The molecule has 0 bridgehead atoms. The van der Waals surface area contributed by atoms with Crippen LogP contribution in [0, 0.1) is 6.92 Å². The van der Waals surface area contributed by atoms with E-state index >= 15 is 0 Å². The Morgan fingerprint density at radius 2 is 1.88 bits per heavy atom. The molecule has 0 N–H and O–H groups in total. The van der Waals surface area contributed by atoms with Crippen LogP contribution in [0.2, 0.25) is 0 Å². The van der Waals surface area contributed by atoms with Gasteiger partial charge in [-0.1, -0.05) is 0 Å². The average molecular weight is 318 g/mol. The van der Waals surface area contributed by atoms with Crippen molar-refractivity contribution in [2.24, 2.45) is 0 Å². The lowest BCUT2D eigenvalue weighted by molar-refractivity contribution is 0.101. The summed E-state index contributed by atoms with van der Waals surface area (Å²) in [7, 11) is 0. The maximum atomic E-state index is 11.8. The van der Waals surface area contributed by atoms with Crippen molar-refractivity contribution in [2.45, 2.75) is 13.8 Å². The van der Waals surface area contributed by atoms with E-state index in [4.69, 9.17) is 14.5 Å². The highest BCUT2D eigenvalue weighted by Crippen LogP contribution is 2.37. The molecule has 0 saturated heterocycles. The van der Waals surface area contributed by atoms with Gasteiger partial charge in [-0.05, 0) is 37.6 Å². The molecule has 5 nitrogen and oxygen atoms in total. The lowest BCUT2D eigenvalue weighted by Gasteiger charge is -2.04. The van der Waals surface area contributed by atoms with Gasteiger partial charge in [0, 0.05) is 34.8 Å². The number of aromatic nitrogens is 2. The minimum atomic E-state index is 0.0634. The maximum absolute atomic E-state index is 11.8. The molecule has 5 heteroatoms. The lowest BCUT2D eigenvalue weighted by Crippen LogP contribution is -1.98. The Balaban J connectivity index is 1.87. The van der Waals surface area contributed by atoms with Gasteiger partial charge in [-0.3, -0.25) is 4.79 Å². The first-order valence-electron chi connectivity index (χ1n) is 7.76. The number of Topliss-reactive ketones (excluding diaryl/α,β-unsaturated/α-hetero) is 1. The van der Waals surface area contributed by atoms with Crippen LogP contribution in [0.3, 0.4) is 0 Å². The Morgan fingerprint density at radius 1 is 1.08 bits per heavy atom. The predicted molar refractivity (Wildman–Crippen MR) is 91.1 cm³/mol. The molecule has 5 rings (SSSR count). The number of benzene rings is 1. The third kappa shape index (κ3) is 1.75. The monoisotopic (exact) mass is 318 g/mol. The largest absolute Gasteiger partial charge is 0.454 e. The fourth-order valence-corrected chi connectivity index (χ4v) is 3.38. The van der Waals surface area contributed by atoms with E-state index < -0.39 is 0 Å². The van der Waals surface area contributed by atoms with Gasteiger partial charge in [-0.25, -0.2) is 4.98 Å². The zero-order valence-electron chi connectivity index (χ0n) is 13.3. The van der Waals surface area contributed by atoms with Gasteiger partial charge >= 0.3 is 0 Å². The van der Waals surface area contributed by atoms with Crippen LogP contribution in [-0.2, 0) is 0 Å². The number of nitrogens with zero attached hydrogens (tertiary/aromatic N) is 2. The molecule has 1 aliphatic rings. The molecule has 1 aromatic carbocycles. The Bertz CT molecular complexity index is 1170. The first kappa shape index (κ1) is 13.4. The molecular formula is C19H14N2O3. The predicted octanol–water partition coefficient (Wildman–Crippen LogP) is 3.88. The zero-order chi connectivity index (χ0) is 16.4. The lowest BCUT2D eigenvalue weighted by atomic mass is 10.1. The molecule has 0 radical (unpaired) electrons. The minimum Gasteiger partial charge on any atom is -0.454 e. The number of carbonyl (C=O) groups is 1. The highest BCUT2D eigenvalue weighted by Gasteiger charge is 2.16. The highest BCUT2D eigenvalue weighted by atomic mass is 16.7. The third-order valence-electron chi connectivity index (χ3n) is 4.56. The van der Waals surface area contributed by atoms with Gasteiger partial charge in [0.2, 0.25) is 6.79 Å². The summed E-state index contributed by atoms with van der Waals surface area (Å²) in [6, 6.07) is 7.88. The zero-order valence-corrected chi connectivity index (χ0v) is 13.3. The summed E-state index contributed by atoms with van der Waals surface area (Å²) in [5.41, 5.74) is 4.35. The van der Waals surface area contributed by atoms with Gasteiger partial charge < -0.3 is 13.9 Å². The van der Waals surface area contributed by atoms with Crippen LogP contribution >= 0.6 is 0 Å². The van der Waals surface area contributed by atoms with E-state index in [1.165, 1.54) is 0 Å². The molecule has 0 amide bonds. The third-order valence-corrected chi connectivity index (χ3v) is 4.56. The summed E-state index contributed by atoms with van der Waals surface area (Å²) >= 11 is 0. The average Bonchev–Trinajstić information content (AvgIpc) is 3.12. The molecule has 0 atom stereocenters. The summed E-state index contributed by atoms with van der Waals surface area (Å²) in [5.74, 6) is 1.54. The van der Waals surface area contributed by atoms with Gasteiger partial charge in [0.15, 0.2) is 17.3 Å². The van der Waals surface area contributed by atoms with Gasteiger partial charge in [0.05, 0.1) is 16.6 Å². The Morgan fingerprint density at radius 3 is 2.67 bits per heavy atom. The number of pyridine rings is 2. The number of fused-ring (bicyclic) bond motifs is 5. The molecule has 1 aliphatic heterocycles. The maximum Gasteiger partial charge on any atom is 0.231 e. The molecule has 0 fully saturated rings. The molecule has 4 aromatic rings. The van der Waals surface area contributed by atoms with Crippen molar-refractivity contribution in [3.8, 4) is 11.5 Å². The van der Waals surface area contributed by atoms with E-state index in [0.29, 0.717) is 0 Å². The van der Waals surface area contributed by atoms with E-state index in [9.17, 15) is 4.79 Å². The summed E-state index contributed by atoms with van der Waals surface area (Å²) in [5, 5.41) is 2.03.